The number of ether oxygens (including phenoxy) is 1. The van der Waals surface area contributed by atoms with E-state index in [1.54, 1.807) is 18.2 Å². The number of anilines is 1. The average molecular weight is 315 g/mol. The molecule has 2 N–H and O–H groups in total. The molecular weight excluding hydrogens is 296 g/mol. The monoisotopic (exact) mass is 314 g/mol. The van der Waals surface area contributed by atoms with Crippen LogP contribution in [0.25, 0.3) is 0 Å². The number of hydrogen-bond donors (Lipinski definition) is 2. The summed E-state index contributed by atoms with van der Waals surface area (Å²) < 4.78 is 5.08. The van der Waals surface area contributed by atoms with E-state index in [1.807, 2.05) is 13.8 Å². The van der Waals surface area contributed by atoms with Crippen LogP contribution in [0.1, 0.15) is 20.3 Å². The maximum absolute atomic E-state index is 12.2. The molecule has 7 heteroatoms. The second-order valence-corrected chi connectivity index (χ2v) is 5.12. The van der Waals surface area contributed by atoms with Crippen LogP contribution in [0.15, 0.2) is 18.2 Å². The van der Waals surface area contributed by atoms with E-state index in [9.17, 15) is 9.59 Å². The summed E-state index contributed by atoms with van der Waals surface area (Å²) in [6.07, 6.45) is -0.102. The van der Waals surface area contributed by atoms with Gasteiger partial charge in [0.15, 0.2) is 0 Å². The number of nitrogens with one attached hydrogen (secondary N) is 1. The largest absolute Gasteiger partial charge is 0.495 e. The number of methoxy groups -OCH3 is 1. The summed E-state index contributed by atoms with van der Waals surface area (Å²) in [5, 5.41) is 11.9. The predicted octanol–water partition coefficient (Wildman–Crippen LogP) is 3.07. The lowest BCUT2D eigenvalue weighted by molar-refractivity contribution is -0.137. The van der Waals surface area contributed by atoms with Crippen molar-refractivity contribution >= 4 is 29.3 Å². The summed E-state index contributed by atoms with van der Waals surface area (Å²) >= 11 is 5.92. The van der Waals surface area contributed by atoms with Gasteiger partial charge in [-0.3, -0.25) is 4.79 Å². The molecule has 0 heterocycles. The molecule has 0 aromatic heterocycles. The van der Waals surface area contributed by atoms with Crippen molar-refractivity contribution in [1.82, 2.24) is 4.90 Å². The van der Waals surface area contributed by atoms with Crippen molar-refractivity contribution in [3.63, 3.8) is 0 Å². The highest BCUT2D eigenvalue weighted by molar-refractivity contribution is 6.32. The Morgan fingerprint density at radius 1 is 1.43 bits per heavy atom. The lowest BCUT2D eigenvalue weighted by Crippen LogP contribution is -2.41. The molecule has 116 valence electrons. The number of benzene rings is 1. The third-order valence-corrected chi connectivity index (χ3v) is 3.17. The highest BCUT2D eigenvalue weighted by Crippen LogP contribution is 2.27. The fourth-order valence-corrected chi connectivity index (χ4v) is 1.94. The average Bonchev–Trinajstić information content (AvgIpc) is 2.40. The maximum atomic E-state index is 12.2. The summed E-state index contributed by atoms with van der Waals surface area (Å²) in [5.41, 5.74) is 0.530. The fourth-order valence-electron chi connectivity index (χ4n) is 1.74. The topological polar surface area (TPSA) is 78.9 Å². The smallest absolute Gasteiger partial charge is 0.322 e. The lowest BCUT2D eigenvalue weighted by Gasteiger charge is -2.26. The molecule has 0 saturated heterocycles. The van der Waals surface area contributed by atoms with Crippen LogP contribution >= 0.6 is 11.6 Å². The number of carboxylic acids is 1. The van der Waals surface area contributed by atoms with Crippen molar-refractivity contribution < 1.29 is 19.4 Å². The van der Waals surface area contributed by atoms with Gasteiger partial charge in [0.05, 0.1) is 18.6 Å². The first-order valence-electron chi connectivity index (χ1n) is 6.48. The predicted molar refractivity (Wildman–Crippen MR) is 81.1 cm³/mol. The maximum Gasteiger partial charge on any atom is 0.322 e. The lowest BCUT2D eigenvalue weighted by atomic mass is 10.2. The molecule has 0 saturated carbocycles. The first kappa shape index (κ1) is 17.1. The van der Waals surface area contributed by atoms with Crippen LogP contribution in [0.3, 0.4) is 0 Å². The molecule has 0 atom stereocenters. The van der Waals surface area contributed by atoms with Crippen LogP contribution < -0.4 is 10.1 Å². The number of carboxylic acid groups (broad SMARTS) is 1. The van der Waals surface area contributed by atoms with E-state index in [2.05, 4.69) is 5.32 Å². The third-order valence-electron chi connectivity index (χ3n) is 2.85. The molecule has 0 spiro atoms. The number of carbonyl (C=O) groups is 2. The molecular formula is C14H19ClN2O4. The van der Waals surface area contributed by atoms with Crippen LogP contribution in [0.5, 0.6) is 5.75 Å². The fraction of sp³-hybridized carbons (Fsp3) is 0.429. The van der Waals surface area contributed by atoms with Crippen LogP contribution in [0, 0.1) is 0 Å². The Hall–Kier alpha value is -1.95. The number of carbonyl (C=O) groups excluding carboxylic acids is 1. The van der Waals surface area contributed by atoms with E-state index >= 15 is 0 Å². The normalized spacial score (nSPS) is 10.3. The number of rotatable bonds is 6. The Morgan fingerprint density at radius 3 is 2.62 bits per heavy atom. The molecule has 0 aliphatic carbocycles. The van der Waals surface area contributed by atoms with Gasteiger partial charge in [-0.1, -0.05) is 11.6 Å². The quantitative estimate of drug-likeness (QED) is 0.845. The zero-order valence-electron chi connectivity index (χ0n) is 12.2. The van der Waals surface area contributed by atoms with E-state index in [0.29, 0.717) is 16.5 Å². The first-order valence-corrected chi connectivity index (χ1v) is 6.86. The molecule has 0 aliphatic rings. The summed E-state index contributed by atoms with van der Waals surface area (Å²) in [5.74, 6) is -0.488. The van der Waals surface area contributed by atoms with Gasteiger partial charge in [0.1, 0.15) is 5.75 Å². The molecule has 0 unspecified atom stereocenters. The number of nitrogens with zero attached hydrogens (tertiary/aromatic N) is 1. The van der Waals surface area contributed by atoms with Gasteiger partial charge in [-0.15, -0.1) is 0 Å². The molecule has 21 heavy (non-hydrogen) atoms. The number of urea groups is 1. The second-order valence-electron chi connectivity index (χ2n) is 4.71. The van der Waals surface area contributed by atoms with Gasteiger partial charge in [0.25, 0.3) is 0 Å². The highest BCUT2D eigenvalue weighted by atomic mass is 35.5. The van der Waals surface area contributed by atoms with Crippen molar-refractivity contribution in [1.29, 1.82) is 0 Å². The number of aliphatic carboxylic acids is 1. The van der Waals surface area contributed by atoms with E-state index < -0.39 is 5.97 Å². The van der Waals surface area contributed by atoms with E-state index in [1.165, 1.54) is 12.0 Å². The Bertz CT molecular complexity index is 520. The van der Waals surface area contributed by atoms with Gasteiger partial charge >= 0.3 is 12.0 Å². The van der Waals surface area contributed by atoms with Crippen LogP contribution in [-0.2, 0) is 4.79 Å². The third kappa shape index (κ3) is 5.15. The van der Waals surface area contributed by atoms with Gasteiger partial charge in [-0.2, -0.15) is 0 Å². The zero-order chi connectivity index (χ0) is 16.0. The molecule has 2 amide bonds. The number of amides is 2. The van der Waals surface area contributed by atoms with Gasteiger partial charge in [0, 0.05) is 24.3 Å². The van der Waals surface area contributed by atoms with E-state index in [4.69, 9.17) is 21.4 Å². The van der Waals surface area contributed by atoms with Crippen LogP contribution in [0.2, 0.25) is 5.02 Å². The second kappa shape index (κ2) is 7.73. The van der Waals surface area contributed by atoms with E-state index in [0.717, 1.165) is 0 Å². The van der Waals surface area contributed by atoms with Crippen molar-refractivity contribution in [3.8, 4) is 5.75 Å². The minimum absolute atomic E-state index is 0.102. The van der Waals surface area contributed by atoms with Crippen molar-refractivity contribution in [3.05, 3.63) is 23.2 Å². The zero-order valence-corrected chi connectivity index (χ0v) is 13.0. The Labute approximate surface area is 128 Å². The minimum Gasteiger partial charge on any atom is -0.495 e. The van der Waals surface area contributed by atoms with Gasteiger partial charge in [-0.05, 0) is 26.0 Å². The van der Waals surface area contributed by atoms with Crippen molar-refractivity contribution in [2.45, 2.75) is 26.3 Å². The Balaban J connectivity index is 2.79. The summed E-state index contributed by atoms with van der Waals surface area (Å²) in [6, 6.07) is 4.40. The van der Waals surface area contributed by atoms with Crippen molar-refractivity contribution in [2.75, 3.05) is 19.0 Å². The van der Waals surface area contributed by atoms with Gasteiger partial charge in [-0.25, -0.2) is 4.79 Å². The summed E-state index contributed by atoms with van der Waals surface area (Å²) in [7, 11) is 1.49. The molecule has 6 nitrogen and oxygen atoms in total. The van der Waals surface area contributed by atoms with Gasteiger partial charge < -0.3 is 20.1 Å². The van der Waals surface area contributed by atoms with Crippen molar-refractivity contribution in [2.24, 2.45) is 0 Å². The number of hydrogen-bond acceptors (Lipinski definition) is 3. The summed E-state index contributed by atoms with van der Waals surface area (Å²) in [4.78, 5) is 24.3. The van der Waals surface area contributed by atoms with Gasteiger partial charge in [0.2, 0.25) is 0 Å². The van der Waals surface area contributed by atoms with E-state index in [-0.39, 0.29) is 25.0 Å². The minimum atomic E-state index is -0.943. The number of halogens is 1. The highest BCUT2D eigenvalue weighted by Gasteiger charge is 2.18. The first-order chi connectivity index (χ1) is 9.85. The van der Waals surface area contributed by atoms with Crippen LogP contribution in [0.4, 0.5) is 10.5 Å². The SMILES string of the molecule is COc1cc(NC(=O)N(CCC(=O)O)C(C)C)ccc1Cl. The molecule has 0 bridgehead atoms. The standard InChI is InChI=1S/C14H19ClN2O4/c1-9(2)17(7-6-13(18)19)14(20)16-10-4-5-11(15)12(8-10)21-3/h4-5,8-9H,6-7H2,1-3H3,(H,16,20)(H,18,19). The molecule has 0 aliphatic heterocycles. The van der Waals surface area contributed by atoms with Crippen LogP contribution in [-0.4, -0.2) is 41.7 Å². The molecule has 1 aromatic rings. The molecule has 0 radical (unpaired) electrons. The molecule has 1 rings (SSSR count). The Morgan fingerprint density at radius 2 is 2.10 bits per heavy atom. The molecule has 0 fully saturated rings. The Kier molecular flexibility index (Phi) is 6.30. The molecule has 1 aromatic carbocycles. The summed E-state index contributed by atoms with van der Waals surface area (Å²) in [6.45, 7) is 3.79.